The first kappa shape index (κ1) is 18.5. The summed E-state index contributed by atoms with van der Waals surface area (Å²) in [5, 5.41) is 15.6. The summed E-state index contributed by atoms with van der Waals surface area (Å²) < 4.78 is 0. The van der Waals surface area contributed by atoms with Crippen molar-refractivity contribution < 1.29 is 4.92 Å². The van der Waals surface area contributed by atoms with Crippen LogP contribution in [-0.2, 0) is 0 Å². The highest BCUT2D eigenvalue weighted by Gasteiger charge is 2.14. The van der Waals surface area contributed by atoms with Gasteiger partial charge in [-0.25, -0.2) is 4.98 Å². The van der Waals surface area contributed by atoms with Gasteiger partial charge in [0.2, 0.25) is 5.13 Å². The summed E-state index contributed by atoms with van der Waals surface area (Å²) in [6, 6.07) is 26.3. The zero-order valence-electron chi connectivity index (χ0n) is 15.2. The molecule has 6 nitrogen and oxygen atoms in total. The van der Waals surface area contributed by atoms with Crippen LogP contribution in [0.15, 0.2) is 90.0 Å². The van der Waals surface area contributed by atoms with Gasteiger partial charge in [0.15, 0.2) is 0 Å². The minimum absolute atomic E-state index is 0.0510. The lowest BCUT2D eigenvalue weighted by molar-refractivity contribution is -0.384. The van der Waals surface area contributed by atoms with Gasteiger partial charge in [-0.05, 0) is 23.3 Å². The van der Waals surface area contributed by atoms with E-state index in [2.05, 4.69) is 22.7 Å². The summed E-state index contributed by atoms with van der Waals surface area (Å²) >= 11 is 1.52. The Balaban J connectivity index is 1.59. The highest BCUT2D eigenvalue weighted by molar-refractivity contribution is 7.19. The zero-order valence-corrected chi connectivity index (χ0v) is 16.0. The Kier molecular flexibility index (Phi) is 5.40. The summed E-state index contributed by atoms with van der Waals surface area (Å²) in [6.45, 7) is 0. The van der Waals surface area contributed by atoms with Gasteiger partial charge in [-0.1, -0.05) is 72.0 Å². The lowest BCUT2D eigenvalue weighted by Gasteiger charge is -2.02. The number of aromatic nitrogens is 1. The molecular weight excluding hydrogens is 384 g/mol. The summed E-state index contributed by atoms with van der Waals surface area (Å²) in [6.07, 6.45) is 1.61. The second kappa shape index (κ2) is 8.45. The van der Waals surface area contributed by atoms with Crippen LogP contribution in [0.25, 0.3) is 21.7 Å². The van der Waals surface area contributed by atoms with E-state index < -0.39 is 4.92 Å². The molecule has 0 amide bonds. The molecule has 7 heteroatoms. The lowest BCUT2D eigenvalue weighted by atomic mass is 10.1. The standard InChI is InChI=1S/C22H16N4O2S/c27-26(28)19-13-11-16(12-14-19)15-23-25-22-24-20(17-7-3-1-4-8-17)21(29-22)18-9-5-2-6-10-18/h1-15H,(H,24,25)/b23-15-. The molecule has 4 aromatic rings. The summed E-state index contributed by atoms with van der Waals surface area (Å²) in [4.78, 5) is 16.1. The minimum atomic E-state index is -0.426. The van der Waals surface area contributed by atoms with Crippen LogP contribution in [-0.4, -0.2) is 16.1 Å². The van der Waals surface area contributed by atoms with Crippen molar-refractivity contribution in [2.24, 2.45) is 5.10 Å². The molecule has 0 radical (unpaired) electrons. The van der Waals surface area contributed by atoms with E-state index in [0.29, 0.717) is 5.13 Å². The zero-order chi connectivity index (χ0) is 20.1. The molecule has 0 aliphatic rings. The van der Waals surface area contributed by atoms with E-state index in [4.69, 9.17) is 4.98 Å². The number of benzene rings is 3. The molecule has 4 rings (SSSR count). The van der Waals surface area contributed by atoms with Crippen molar-refractivity contribution in [2.45, 2.75) is 0 Å². The first-order valence-electron chi connectivity index (χ1n) is 8.86. The summed E-state index contributed by atoms with van der Waals surface area (Å²) in [7, 11) is 0. The highest BCUT2D eigenvalue weighted by atomic mass is 32.1. The number of hydrogen-bond donors (Lipinski definition) is 1. The monoisotopic (exact) mass is 400 g/mol. The normalized spacial score (nSPS) is 10.9. The van der Waals surface area contributed by atoms with Crippen LogP contribution < -0.4 is 5.43 Å². The van der Waals surface area contributed by atoms with E-state index in [9.17, 15) is 10.1 Å². The minimum Gasteiger partial charge on any atom is -0.258 e. The van der Waals surface area contributed by atoms with Crippen molar-refractivity contribution in [1.29, 1.82) is 0 Å². The molecule has 0 saturated heterocycles. The SMILES string of the molecule is O=[N+]([O-])c1ccc(/C=N\Nc2nc(-c3ccccc3)c(-c3ccccc3)s2)cc1. The third-order valence-corrected chi connectivity index (χ3v) is 5.20. The van der Waals surface area contributed by atoms with Crippen molar-refractivity contribution >= 4 is 28.4 Å². The average molecular weight is 400 g/mol. The number of nitro groups is 1. The number of nitrogens with zero attached hydrogens (tertiary/aromatic N) is 3. The number of nitrogens with one attached hydrogen (secondary N) is 1. The number of nitro benzene ring substituents is 1. The molecule has 0 spiro atoms. The number of hydrazone groups is 1. The van der Waals surface area contributed by atoms with Gasteiger partial charge in [-0.2, -0.15) is 5.10 Å². The molecular formula is C22H16N4O2S. The van der Waals surface area contributed by atoms with Crippen molar-refractivity contribution in [2.75, 3.05) is 5.43 Å². The van der Waals surface area contributed by atoms with Crippen molar-refractivity contribution in [3.05, 3.63) is 101 Å². The Morgan fingerprint density at radius 3 is 2.14 bits per heavy atom. The van der Waals surface area contributed by atoms with Crippen LogP contribution in [0.4, 0.5) is 10.8 Å². The van der Waals surface area contributed by atoms with Crippen LogP contribution in [0.1, 0.15) is 5.56 Å². The third kappa shape index (κ3) is 4.36. The van der Waals surface area contributed by atoms with E-state index in [0.717, 1.165) is 27.3 Å². The van der Waals surface area contributed by atoms with Gasteiger partial charge in [0.1, 0.15) is 0 Å². The van der Waals surface area contributed by atoms with Gasteiger partial charge in [-0.3, -0.25) is 15.5 Å². The topological polar surface area (TPSA) is 80.4 Å². The first-order chi connectivity index (χ1) is 14.2. The Morgan fingerprint density at radius 2 is 1.52 bits per heavy atom. The van der Waals surface area contributed by atoms with Crippen molar-refractivity contribution in [3.63, 3.8) is 0 Å². The van der Waals surface area contributed by atoms with Crippen molar-refractivity contribution in [1.82, 2.24) is 4.98 Å². The molecule has 0 aliphatic carbocycles. The van der Waals surface area contributed by atoms with E-state index in [-0.39, 0.29) is 5.69 Å². The maximum absolute atomic E-state index is 10.7. The molecule has 3 aromatic carbocycles. The molecule has 1 aromatic heterocycles. The second-order valence-electron chi connectivity index (χ2n) is 6.15. The Morgan fingerprint density at radius 1 is 0.897 bits per heavy atom. The number of rotatable bonds is 6. The fraction of sp³-hybridized carbons (Fsp3) is 0. The van der Waals surface area contributed by atoms with Gasteiger partial charge in [0, 0.05) is 17.7 Å². The van der Waals surface area contributed by atoms with E-state index in [1.54, 1.807) is 18.3 Å². The Hall–Kier alpha value is -3.84. The predicted molar refractivity (Wildman–Crippen MR) is 117 cm³/mol. The summed E-state index contributed by atoms with van der Waals surface area (Å²) in [5.41, 5.74) is 6.81. The quantitative estimate of drug-likeness (QED) is 0.251. The Bertz CT molecular complexity index is 1080. The highest BCUT2D eigenvalue weighted by Crippen LogP contribution is 2.38. The first-order valence-corrected chi connectivity index (χ1v) is 9.67. The molecule has 0 atom stereocenters. The van der Waals surface area contributed by atoms with Crippen LogP contribution >= 0.6 is 11.3 Å². The molecule has 1 N–H and O–H groups in total. The number of anilines is 1. The van der Waals surface area contributed by atoms with Crippen molar-refractivity contribution in [3.8, 4) is 21.7 Å². The maximum atomic E-state index is 10.7. The van der Waals surface area contributed by atoms with Gasteiger partial charge in [0.25, 0.3) is 5.69 Å². The smallest absolute Gasteiger partial charge is 0.258 e. The predicted octanol–water partition coefficient (Wildman–Crippen LogP) is 5.83. The van der Waals surface area contributed by atoms with Crippen LogP contribution in [0.2, 0.25) is 0 Å². The summed E-state index contributed by atoms with van der Waals surface area (Å²) in [5.74, 6) is 0. The third-order valence-electron chi connectivity index (χ3n) is 4.19. The Labute approximate surface area is 171 Å². The van der Waals surface area contributed by atoms with Gasteiger partial charge in [-0.15, -0.1) is 0 Å². The lowest BCUT2D eigenvalue weighted by Crippen LogP contribution is -1.91. The number of non-ortho nitro benzene ring substituents is 1. The van der Waals surface area contributed by atoms with E-state index in [1.807, 2.05) is 48.5 Å². The van der Waals surface area contributed by atoms with Crippen LogP contribution in [0.3, 0.4) is 0 Å². The molecule has 29 heavy (non-hydrogen) atoms. The second-order valence-corrected chi connectivity index (χ2v) is 7.15. The van der Waals surface area contributed by atoms with Crippen LogP contribution in [0.5, 0.6) is 0 Å². The van der Waals surface area contributed by atoms with Gasteiger partial charge in [0.05, 0.1) is 21.7 Å². The number of thiazole rings is 1. The molecule has 0 aliphatic heterocycles. The van der Waals surface area contributed by atoms with Crippen LogP contribution in [0, 0.1) is 10.1 Å². The largest absolute Gasteiger partial charge is 0.269 e. The van der Waals surface area contributed by atoms with E-state index >= 15 is 0 Å². The van der Waals surface area contributed by atoms with Gasteiger partial charge >= 0.3 is 0 Å². The van der Waals surface area contributed by atoms with E-state index in [1.165, 1.54) is 23.5 Å². The fourth-order valence-corrected chi connectivity index (χ4v) is 3.73. The molecule has 0 unspecified atom stereocenters. The molecule has 1 heterocycles. The molecule has 0 bridgehead atoms. The molecule has 142 valence electrons. The molecule has 0 saturated carbocycles. The molecule has 0 fully saturated rings. The maximum Gasteiger partial charge on any atom is 0.269 e. The van der Waals surface area contributed by atoms with Gasteiger partial charge < -0.3 is 0 Å². The average Bonchev–Trinajstić information content (AvgIpc) is 3.20. The number of hydrogen-bond acceptors (Lipinski definition) is 6. The fourth-order valence-electron chi connectivity index (χ4n) is 2.79.